The SMILES string of the molecule is Cc1cc2oc(=O)cc(CN3CCCC3c3nc(C(C)C)no3)c2cc1C. The Morgan fingerprint density at radius 3 is 2.74 bits per heavy atom. The van der Waals surface area contributed by atoms with Crippen LogP contribution in [0.3, 0.4) is 0 Å². The summed E-state index contributed by atoms with van der Waals surface area (Å²) >= 11 is 0. The van der Waals surface area contributed by atoms with Crippen LogP contribution in [-0.2, 0) is 6.54 Å². The standard InChI is InChI=1S/C21H25N3O3/c1-12(2)20-22-21(27-23-20)17-6-5-7-24(17)11-15-10-19(25)26-18-9-14(4)13(3)8-16(15)18/h8-10,12,17H,5-7,11H2,1-4H3. The number of hydrogen-bond donors (Lipinski definition) is 0. The maximum atomic E-state index is 12.1. The highest BCUT2D eigenvalue weighted by Gasteiger charge is 2.31. The van der Waals surface area contributed by atoms with Crippen molar-refractivity contribution >= 4 is 11.0 Å². The summed E-state index contributed by atoms with van der Waals surface area (Å²) in [6, 6.07) is 5.76. The highest BCUT2D eigenvalue weighted by molar-refractivity contribution is 5.81. The highest BCUT2D eigenvalue weighted by Crippen LogP contribution is 2.34. The van der Waals surface area contributed by atoms with Crippen LogP contribution in [-0.4, -0.2) is 21.6 Å². The third kappa shape index (κ3) is 3.41. The van der Waals surface area contributed by atoms with E-state index in [0.717, 1.165) is 41.7 Å². The summed E-state index contributed by atoms with van der Waals surface area (Å²) in [7, 11) is 0. The number of benzene rings is 1. The number of nitrogens with zero attached hydrogens (tertiary/aromatic N) is 3. The lowest BCUT2D eigenvalue weighted by atomic mass is 10.0. The molecule has 6 nitrogen and oxygen atoms in total. The average Bonchev–Trinajstić information content (AvgIpc) is 3.25. The molecule has 0 aliphatic carbocycles. The Bertz CT molecular complexity index is 1030. The molecular formula is C21H25N3O3. The van der Waals surface area contributed by atoms with Crippen molar-refractivity contribution in [1.29, 1.82) is 0 Å². The van der Waals surface area contributed by atoms with Gasteiger partial charge in [0.1, 0.15) is 5.58 Å². The first-order valence-electron chi connectivity index (χ1n) is 9.54. The molecule has 1 saturated heterocycles. The smallest absolute Gasteiger partial charge is 0.336 e. The molecule has 6 heteroatoms. The maximum Gasteiger partial charge on any atom is 0.336 e. The molecule has 1 unspecified atom stereocenters. The van der Waals surface area contributed by atoms with Crippen LogP contribution >= 0.6 is 0 Å². The Hall–Kier alpha value is -2.47. The zero-order valence-electron chi connectivity index (χ0n) is 16.3. The van der Waals surface area contributed by atoms with Gasteiger partial charge in [-0.15, -0.1) is 0 Å². The predicted octanol–water partition coefficient (Wildman–Crippen LogP) is 4.25. The van der Waals surface area contributed by atoms with Crippen molar-refractivity contribution in [1.82, 2.24) is 15.0 Å². The largest absolute Gasteiger partial charge is 0.423 e. The molecule has 0 bridgehead atoms. The van der Waals surface area contributed by atoms with E-state index >= 15 is 0 Å². The van der Waals surface area contributed by atoms with Crippen molar-refractivity contribution in [3.05, 3.63) is 57.0 Å². The van der Waals surface area contributed by atoms with Gasteiger partial charge in [-0.05, 0) is 62.1 Å². The van der Waals surface area contributed by atoms with E-state index in [1.807, 2.05) is 13.0 Å². The summed E-state index contributed by atoms with van der Waals surface area (Å²) in [4.78, 5) is 19.0. The molecule has 2 aromatic heterocycles. The van der Waals surface area contributed by atoms with E-state index in [4.69, 9.17) is 8.94 Å². The van der Waals surface area contributed by atoms with Crippen LogP contribution in [0.5, 0.6) is 0 Å². The minimum absolute atomic E-state index is 0.0962. The Labute approximate surface area is 158 Å². The molecule has 1 aliphatic heterocycles. The summed E-state index contributed by atoms with van der Waals surface area (Å²) in [6.07, 6.45) is 2.05. The third-order valence-electron chi connectivity index (χ3n) is 5.44. The van der Waals surface area contributed by atoms with E-state index < -0.39 is 0 Å². The monoisotopic (exact) mass is 367 g/mol. The Morgan fingerprint density at radius 2 is 2.00 bits per heavy atom. The van der Waals surface area contributed by atoms with Gasteiger partial charge in [-0.25, -0.2) is 4.79 Å². The fraction of sp³-hybridized carbons (Fsp3) is 0.476. The van der Waals surface area contributed by atoms with Gasteiger partial charge in [0.25, 0.3) is 0 Å². The Morgan fingerprint density at radius 1 is 1.22 bits per heavy atom. The molecule has 0 amide bonds. The molecule has 27 heavy (non-hydrogen) atoms. The maximum absolute atomic E-state index is 12.1. The molecule has 1 aromatic carbocycles. The van der Waals surface area contributed by atoms with Gasteiger partial charge in [0.05, 0.1) is 6.04 Å². The number of aryl methyl sites for hydroxylation is 2. The summed E-state index contributed by atoms with van der Waals surface area (Å²) in [6.45, 7) is 9.82. The number of rotatable bonds is 4. The fourth-order valence-electron chi connectivity index (χ4n) is 3.74. The van der Waals surface area contributed by atoms with Crippen molar-refractivity contribution in [3.8, 4) is 0 Å². The van der Waals surface area contributed by atoms with E-state index in [9.17, 15) is 4.79 Å². The number of aromatic nitrogens is 2. The lowest BCUT2D eigenvalue weighted by Gasteiger charge is -2.22. The second-order valence-electron chi connectivity index (χ2n) is 7.80. The normalized spacial score (nSPS) is 18.0. The first kappa shape index (κ1) is 17.9. The molecule has 1 atom stereocenters. The predicted molar refractivity (Wildman–Crippen MR) is 103 cm³/mol. The minimum Gasteiger partial charge on any atom is -0.423 e. The van der Waals surface area contributed by atoms with E-state index in [0.29, 0.717) is 18.0 Å². The van der Waals surface area contributed by atoms with Crippen LogP contribution in [0, 0.1) is 13.8 Å². The van der Waals surface area contributed by atoms with Crippen LogP contribution in [0.4, 0.5) is 0 Å². The molecule has 1 aliphatic rings. The fourth-order valence-corrected chi connectivity index (χ4v) is 3.74. The molecule has 0 saturated carbocycles. The van der Waals surface area contributed by atoms with E-state index in [-0.39, 0.29) is 17.6 Å². The molecule has 1 fully saturated rings. The van der Waals surface area contributed by atoms with Crippen molar-refractivity contribution in [3.63, 3.8) is 0 Å². The van der Waals surface area contributed by atoms with Gasteiger partial charge in [-0.1, -0.05) is 19.0 Å². The van der Waals surface area contributed by atoms with Crippen molar-refractivity contribution < 1.29 is 8.94 Å². The lowest BCUT2D eigenvalue weighted by Crippen LogP contribution is -2.24. The first-order valence-corrected chi connectivity index (χ1v) is 9.54. The van der Waals surface area contributed by atoms with Gasteiger partial charge >= 0.3 is 5.63 Å². The van der Waals surface area contributed by atoms with E-state index in [1.54, 1.807) is 6.07 Å². The van der Waals surface area contributed by atoms with Crippen LogP contribution in [0.2, 0.25) is 0 Å². The zero-order valence-corrected chi connectivity index (χ0v) is 16.3. The number of fused-ring (bicyclic) bond motifs is 1. The molecule has 3 heterocycles. The van der Waals surface area contributed by atoms with Crippen molar-refractivity contribution in [2.24, 2.45) is 0 Å². The Balaban J connectivity index is 1.68. The molecular weight excluding hydrogens is 342 g/mol. The van der Waals surface area contributed by atoms with Gasteiger partial charge in [0.2, 0.25) is 5.89 Å². The first-order chi connectivity index (χ1) is 12.9. The van der Waals surface area contributed by atoms with Crippen LogP contribution in [0.15, 0.2) is 31.9 Å². The van der Waals surface area contributed by atoms with E-state index in [1.165, 1.54) is 5.56 Å². The molecule has 4 rings (SSSR count). The number of likely N-dealkylation sites (tertiary alicyclic amines) is 1. The summed E-state index contributed by atoms with van der Waals surface area (Å²) < 4.78 is 11.0. The van der Waals surface area contributed by atoms with Gasteiger partial charge in [0, 0.05) is 23.9 Å². The molecule has 0 spiro atoms. The van der Waals surface area contributed by atoms with Crippen LogP contribution in [0.25, 0.3) is 11.0 Å². The molecule has 0 N–H and O–H groups in total. The highest BCUT2D eigenvalue weighted by atomic mass is 16.5. The van der Waals surface area contributed by atoms with Gasteiger partial charge in [-0.2, -0.15) is 4.98 Å². The molecule has 0 radical (unpaired) electrons. The second kappa shape index (κ2) is 6.93. The van der Waals surface area contributed by atoms with Crippen LogP contribution in [0.1, 0.15) is 67.1 Å². The molecule has 142 valence electrons. The van der Waals surface area contributed by atoms with E-state index in [2.05, 4.69) is 41.9 Å². The number of hydrogen-bond acceptors (Lipinski definition) is 6. The average molecular weight is 367 g/mol. The third-order valence-corrected chi connectivity index (χ3v) is 5.44. The quantitative estimate of drug-likeness (QED) is 0.642. The second-order valence-corrected chi connectivity index (χ2v) is 7.80. The van der Waals surface area contributed by atoms with Crippen molar-refractivity contribution in [2.45, 2.75) is 59.0 Å². The topological polar surface area (TPSA) is 72.4 Å². The summed E-state index contributed by atoms with van der Waals surface area (Å²) in [5.41, 5.74) is 3.63. The van der Waals surface area contributed by atoms with Crippen molar-refractivity contribution in [2.75, 3.05) is 6.54 Å². The summed E-state index contributed by atoms with van der Waals surface area (Å²) in [5, 5.41) is 5.11. The van der Waals surface area contributed by atoms with Gasteiger partial charge in [-0.3, -0.25) is 4.90 Å². The summed E-state index contributed by atoms with van der Waals surface area (Å²) in [5.74, 6) is 1.66. The minimum atomic E-state index is -0.309. The van der Waals surface area contributed by atoms with Gasteiger partial charge in [0.15, 0.2) is 5.82 Å². The molecule has 3 aromatic rings. The lowest BCUT2D eigenvalue weighted by molar-refractivity contribution is 0.201. The van der Waals surface area contributed by atoms with Gasteiger partial charge < -0.3 is 8.94 Å². The van der Waals surface area contributed by atoms with Crippen LogP contribution < -0.4 is 5.63 Å². The Kier molecular flexibility index (Phi) is 4.60. The zero-order chi connectivity index (χ0) is 19.1.